The fourth-order valence-electron chi connectivity index (χ4n) is 2.27. The smallest absolute Gasteiger partial charge is 0.253 e. The Hall–Kier alpha value is -1.46. The second-order valence-corrected chi connectivity index (χ2v) is 4.85. The molecule has 0 radical (unpaired) electrons. The van der Waals surface area contributed by atoms with E-state index in [4.69, 9.17) is 4.74 Å². The predicted molar refractivity (Wildman–Crippen MR) is 70.5 cm³/mol. The van der Waals surface area contributed by atoms with E-state index < -0.39 is 0 Å². The summed E-state index contributed by atoms with van der Waals surface area (Å²) >= 11 is 0. The molecule has 5 heteroatoms. The molecular formula is C14H19FN2O2. The van der Waals surface area contributed by atoms with Gasteiger partial charge in [-0.25, -0.2) is 4.39 Å². The van der Waals surface area contributed by atoms with Gasteiger partial charge in [0.1, 0.15) is 5.82 Å². The number of carbonyl (C=O) groups is 1. The molecule has 1 fully saturated rings. The van der Waals surface area contributed by atoms with Crippen LogP contribution in [0.1, 0.15) is 22.8 Å². The van der Waals surface area contributed by atoms with Crippen molar-refractivity contribution in [1.29, 1.82) is 0 Å². The first-order valence-electron chi connectivity index (χ1n) is 6.42. The van der Waals surface area contributed by atoms with Crippen LogP contribution in [0.25, 0.3) is 0 Å². The number of methoxy groups -OCH3 is 1. The molecule has 0 saturated carbocycles. The van der Waals surface area contributed by atoms with Crippen molar-refractivity contribution < 1.29 is 13.9 Å². The van der Waals surface area contributed by atoms with Gasteiger partial charge in [0.2, 0.25) is 0 Å². The highest BCUT2D eigenvalue weighted by atomic mass is 19.1. The third-order valence-electron chi connectivity index (χ3n) is 3.25. The van der Waals surface area contributed by atoms with E-state index in [1.54, 1.807) is 11.0 Å². The number of nitrogens with zero attached hydrogens (tertiary/aromatic N) is 1. The fourth-order valence-corrected chi connectivity index (χ4v) is 2.27. The van der Waals surface area contributed by atoms with Gasteiger partial charge in [-0.05, 0) is 25.1 Å². The maximum absolute atomic E-state index is 13.5. The predicted octanol–water partition coefficient (Wildman–Crippen LogP) is 1.41. The molecule has 19 heavy (non-hydrogen) atoms. The topological polar surface area (TPSA) is 41.6 Å². The number of hydrogen-bond donors (Lipinski definition) is 1. The molecule has 1 heterocycles. The minimum Gasteiger partial charge on any atom is -0.380 e. The lowest BCUT2D eigenvalue weighted by Crippen LogP contribution is -2.51. The van der Waals surface area contributed by atoms with Gasteiger partial charge in [0.25, 0.3) is 5.91 Å². The SMILES string of the molecule is COCc1cc(C(=O)N2CCNC(C)C2)ccc1F. The molecule has 2 rings (SSSR count). The summed E-state index contributed by atoms with van der Waals surface area (Å²) in [5, 5.41) is 3.29. The lowest BCUT2D eigenvalue weighted by molar-refractivity contribution is 0.0708. The zero-order chi connectivity index (χ0) is 13.8. The summed E-state index contributed by atoms with van der Waals surface area (Å²) in [5.41, 5.74) is 0.930. The third-order valence-corrected chi connectivity index (χ3v) is 3.25. The van der Waals surface area contributed by atoms with Gasteiger partial charge in [-0.15, -0.1) is 0 Å². The summed E-state index contributed by atoms with van der Waals surface area (Å²) in [6, 6.07) is 4.72. The maximum Gasteiger partial charge on any atom is 0.253 e. The Morgan fingerprint density at radius 2 is 2.37 bits per heavy atom. The molecule has 4 nitrogen and oxygen atoms in total. The minimum absolute atomic E-state index is 0.0503. The molecule has 0 aliphatic carbocycles. The van der Waals surface area contributed by atoms with Gasteiger partial charge in [0.05, 0.1) is 6.61 Å². The summed E-state index contributed by atoms with van der Waals surface area (Å²) in [5.74, 6) is -0.391. The summed E-state index contributed by atoms with van der Waals surface area (Å²) < 4.78 is 18.4. The molecule has 0 bridgehead atoms. The van der Waals surface area contributed by atoms with E-state index in [0.29, 0.717) is 24.2 Å². The summed E-state index contributed by atoms with van der Waals surface area (Å²) in [6.07, 6.45) is 0. The van der Waals surface area contributed by atoms with Crippen LogP contribution >= 0.6 is 0 Å². The third kappa shape index (κ3) is 3.30. The Kier molecular flexibility index (Phi) is 4.50. The molecular weight excluding hydrogens is 247 g/mol. The largest absolute Gasteiger partial charge is 0.380 e. The normalized spacial score (nSPS) is 19.5. The van der Waals surface area contributed by atoms with Gasteiger partial charge in [0.15, 0.2) is 0 Å². The summed E-state index contributed by atoms with van der Waals surface area (Å²) in [6.45, 7) is 4.36. The minimum atomic E-state index is -0.341. The van der Waals surface area contributed by atoms with E-state index in [-0.39, 0.29) is 24.4 Å². The number of amides is 1. The van der Waals surface area contributed by atoms with Crippen LogP contribution in [-0.2, 0) is 11.3 Å². The second-order valence-electron chi connectivity index (χ2n) is 4.85. The van der Waals surface area contributed by atoms with Gasteiger partial charge in [-0.1, -0.05) is 0 Å². The molecule has 1 aromatic carbocycles. The first-order valence-corrected chi connectivity index (χ1v) is 6.42. The van der Waals surface area contributed by atoms with Crippen LogP contribution in [-0.4, -0.2) is 43.6 Å². The van der Waals surface area contributed by atoms with Gasteiger partial charge >= 0.3 is 0 Å². The lowest BCUT2D eigenvalue weighted by atomic mass is 10.1. The van der Waals surface area contributed by atoms with Gasteiger partial charge < -0.3 is 15.0 Å². The van der Waals surface area contributed by atoms with Crippen LogP contribution in [0.3, 0.4) is 0 Å². The van der Waals surface area contributed by atoms with Crippen molar-refractivity contribution in [3.8, 4) is 0 Å². The molecule has 1 atom stereocenters. The van der Waals surface area contributed by atoms with Crippen LogP contribution in [0.2, 0.25) is 0 Å². The van der Waals surface area contributed by atoms with Crippen LogP contribution in [0.15, 0.2) is 18.2 Å². The molecule has 1 N–H and O–H groups in total. The van der Waals surface area contributed by atoms with E-state index >= 15 is 0 Å². The maximum atomic E-state index is 13.5. The highest BCUT2D eigenvalue weighted by Crippen LogP contribution is 2.14. The van der Waals surface area contributed by atoms with Crippen molar-refractivity contribution in [2.45, 2.75) is 19.6 Å². The molecule has 0 aromatic heterocycles. The lowest BCUT2D eigenvalue weighted by Gasteiger charge is -2.32. The summed E-state index contributed by atoms with van der Waals surface area (Å²) in [4.78, 5) is 14.1. The number of halogens is 1. The van der Waals surface area contributed by atoms with Crippen molar-refractivity contribution in [3.63, 3.8) is 0 Å². The Morgan fingerprint density at radius 3 is 3.05 bits per heavy atom. The van der Waals surface area contributed by atoms with E-state index in [0.717, 1.165) is 6.54 Å². The quantitative estimate of drug-likeness (QED) is 0.899. The molecule has 1 amide bonds. The van der Waals surface area contributed by atoms with Gasteiger partial charge in [0, 0.05) is 43.9 Å². The number of piperazine rings is 1. The van der Waals surface area contributed by atoms with Crippen molar-refractivity contribution in [2.75, 3.05) is 26.7 Å². The highest BCUT2D eigenvalue weighted by molar-refractivity contribution is 5.94. The second kappa shape index (κ2) is 6.12. The zero-order valence-corrected chi connectivity index (χ0v) is 11.3. The van der Waals surface area contributed by atoms with Crippen LogP contribution in [0.5, 0.6) is 0 Å². The van der Waals surface area contributed by atoms with Crippen molar-refractivity contribution >= 4 is 5.91 Å². The van der Waals surface area contributed by atoms with Crippen LogP contribution < -0.4 is 5.32 Å². The van der Waals surface area contributed by atoms with E-state index in [9.17, 15) is 9.18 Å². The Bertz CT molecular complexity index is 465. The molecule has 104 valence electrons. The van der Waals surface area contributed by atoms with Gasteiger partial charge in [-0.2, -0.15) is 0 Å². The van der Waals surface area contributed by atoms with Crippen LogP contribution in [0.4, 0.5) is 4.39 Å². The fraction of sp³-hybridized carbons (Fsp3) is 0.500. The zero-order valence-electron chi connectivity index (χ0n) is 11.3. The average molecular weight is 266 g/mol. The van der Waals surface area contributed by atoms with Crippen LogP contribution in [0, 0.1) is 5.82 Å². The first-order chi connectivity index (χ1) is 9.11. The highest BCUT2D eigenvalue weighted by Gasteiger charge is 2.22. The number of nitrogens with one attached hydrogen (secondary N) is 1. The van der Waals surface area contributed by atoms with E-state index in [1.165, 1.54) is 19.2 Å². The molecule has 1 saturated heterocycles. The van der Waals surface area contributed by atoms with E-state index in [1.807, 2.05) is 6.92 Å². The molecule has 1 aliphatic rings. The summed E-state index contributed by atoms with van der Waals surface area (Å²) in [7, 11) is 1.51. The number of carbonyl (C=O) groups excluding carboxylic acids is 1. The molecule has 1 aliphatic heterocycles. The number of benzene rings is 1. The number of ether oxygens (including phenoxy) is 1. The van der Waals surface area contributed by atoms with Crippen molar-refractivity contribution in [3.05, 3.63) is 35.1 Å². The molecule has 0 spiro atoms. The Balaban J connectivity index is 2.16. The van der Waals surface area contributed by atoms with E-state index in [2.05, 4.69) is 5.32 Å². The van der Waals surface area contributed by atoms with Crippen molar-refractivity contribution in [1.82, 2.24) is 10.2 Å². The monoisotopic (exact) mass is 266 g/mol. The molecule has 1 aromatic rings. The number of hydrogen-bond acceptors (Lipinski definition) is 3. The van der Waals surface area contributed by atoms with Gasteiger partial charge in [-0.3, -0.25) is 4.79 Å². The molecule has 1 unspecified atom stereocenters. The first kappa shape index (κ1) is 14.0. The Morgan fingerprint density at radius 1 is 1.58 bits per heavy atom. The average Bonchev–Trinajstić information content (AvgIpc) is 2.41. The standard InChI is InChI=1S/C14H19FN2O2/c1-10-8-17(6-5-16-10)14(18)11-3-4-13(15)12(7-11)9-19-2/h3-4,7,10,16H,5-6,8-9H2,1-2H3. The van der Waals surface area contributed by atoms with Crippen molar-refractivity contribution in [2.24, 2.45) is 0 Å². The Labute approximate surface area is 112 Å². The number of rotatable bonds is 3.